The molecule has 0 heterocycles. The van der Waals surface area contributed by atoms with Crippen LogP contribution in [0.25, 0.3) is 0 Å². The van der Waals surface area contributed by atoms with Crippen LogP contribution in [-0.2, 0) is 26.2 Å². The summed E-state index contributed by atoms with van der Waals surface area (Å²) in [4.78, 5) is 22.7. The van der Waals surface area contributed by atoms with E-state index < -0.39 is 21.8 Å². The van der Waals surface area contributed by atoms with Crippen molar-refractivity contribution in [1.82, 2.24) is 10.6 Å². The molecule has 0 radical (unpaired) electrons. The number of hydrogen-bond donors (Lipinski definition) is 4. The highest BCUT2D eigenvalue weighted by molar-refractivity contribution is 7.89. The molecule has 1 aromatic carbocycles. The Bertz CT molecular complexity index is 598. The normalized spacial score (nSPS) is 11.0. The summed E-state index contributed by atoms with van der Waals surface area (Å²) in [5.41, 5.74) is 0.624. The van der Waals surface area contributed by atoms with Gasteiger partial charge in [-0.2, -0.15) is 0 Å². The average molecular weight is 315 g/mol. The Morgan fingerprint density at radius 2 is 1.67 bits per heavy atom. The van der Waals surface area contributed by atoms with Gasteiger partial charge in [-0.25, -0.2) is 13.6 Å². The van der Waals surface area contributed by atoms with Crippen LogP contribution in [-0.4, -0.2) is 38.5 Å². The summed E-state index contributed by atoms with van der Waals surface area (Å²) >= 11 is 0. The first-order valence-corrected chi connectivity index (χ1v) is 7.68. The number of primary sulfonamides is 1. The molecule has 0 saturated heterocycles. The summed E-state index contributed by atoms with van der Waals surface area (Å²) in [6.07, 6.45) is 0.369. The molecule has 1 aromatic rings. The second-order valence-corrected chi connectivity index (χ2v) is 5.77. The van der Waals surface area contributed by atoms with Crippen molar-refractivity contribution in [2.45, 2.75) is 17.9 Å². The number of amides is 2. The molecule has 8 nitrogen and oxygen atoms in total. The molecular formula is C12H17N3O5S. The van der Waals surface area contributed by atoms with Gasteiger partial charge in [-0.3, -0.25) is 9.59 Å². The lowest BCUT2D eigenvalue weighted by molar-refractivity contribution is -0.139. The first-order valence-electron chi connectivity index (χ1n) is 6.13. The number of benzene rings is 1. The first kappa shape index (κ1) is 17.1. The smallest absolute Gasteiger partial charge is 0.309 e. The molecular weight excluding hydrogens is 298 g/mol. The number of aliphatic hydroxyl groups excluding tert-OH is 1. The van der Waals surface area contributed by atoms with Gasteiger partial charge in [-0.05, 0) is 24.1 Å². The Morgan fingerprint density at radius 1 is 1.10 bits per heavy atom. The van der Waals surface area contributed by atoms with E-state index in [2.05, 4.69) is 10.6 Å². The second kappa shape index (κ2) is 7.72. The van der Waals surface area contributed by atoms with Crippen LogP contribution in [0, 0.1) is 0 Å². The standard InChI is InChI=1S/C12H17N3O5S/c13-21(19,20)10-4-2-9(3-5-10)8-15-12(18)11(17)14-6-1-7-16/h2-5,16H,1,6-8H2,(H,14,17)(H,15,18)(H2,13,19,20). The SMILES string of the molecule is NS(=O)(=O)c1ccc(CNC(=O)C(=O)NCCCO)cc1. The van der Waals surface area contributed by atoms with Crippen molar-refractivity contribution in [2.75, 3.05) is 13.2 Å². The van der Waals surface area contributed by atoms with E-state index in [0.717, 1.165) is 0 Å². The minimum Gasteiger partial charge on any atom is -0.396 e. The van der Waals surface area contributed by atoms with E-state index in [0.29, 0.717) is 12.0 Å². The predicted octanol–water partition coefficient (Wildman–Crippen LogP) is -1.55. The topological polar surface area (TPSA) is 139 Å². The highest BCUT2D eigenvalue weighted by atomic mass is 32.2. The molecule has 0 aliphatic heterocycles. The van der Waals surface area contributed by atoms with Crippen molar-refractivity contribution in [3.8, 4) is 0 Å². The van der Waals surface area contributed by atoms with E-state index in [1.807, 2.05) is 0 Å². The molecule has 0 bridgehead atoms. The molecule has 0 spiro atoms. The highest BCUT2D eigenvalue weighted by Crippen LogP contribution is 2.08. The Balaban J connectivity index is 2.48. The maximum absolute atomic E-state index is 11.4. The van der Waals surface area contributed by atoms with Crippen molar-refractivity contribution in [3.63, 3.8) is 0 Å². The van der Waals surface area contributed by atoms with Crippen LogP contribution in [0.3, 0.4) is 0 Å². The van der Waals surface area contributed by atoms with Crippen LogP contribution < -0.4 is 15.8 Å². The van der Waals surface area contributed by atoms with Gasteiger partial charge in [0.2, 0.25) is 10.0 Å². The minimum absolute atomic E-state index is 0.0284. The lowest BCUT2D eigenvalue weighted by Gasteiger charge is -2.06. The number of sulfonamides is 1. The molecule has 0 saturated carbocycles. The van der Waals surface area contributed by atoms with Gasteiger partial charge in [0, 0.05) is 19.7 Å². The van der Waals surface area contributed by atoms with Gasteiger partial charge in [0.1, 0.15) is 0 Å². The zero-order valence-electron chi connectivity index (χ0n) is 11.2. The summed E-state index contributed by atoms with van der Waals surface area (Å²) in [5.74, 6) is -1.59. The maximum Gasteiger partial charge on any atom is 0.309 e. The Kier molecular flexibility index (Phi) is 6.28. The number of rotatable bonds is 6. The van der Waals surface area contributed by atoms with Crippen LogP contribution in [0.2, 0.25) is 0 Å². The molecule has 0 fully saturated rings. The van der Waals surface area contributed by atoms with E-state index in [9.17, 15) is 18.0 Å². The van der Waals surface area contributed by atoms with Crippen molar-refractivity contribution < 1.29 is 23.1 Å². The lowest BCUT2D eigenvalue weighted by atomic mass is 10.2. The van der Waals surface area contributed by atoms with Crippen molar-refractivity contribution in [2.24, 2.45) is 5.14 Å². The Labute approximate surface area is 122 Å². The zero-order chi connectivity index (χ0) is 15.9. The van der Waals surface area contributed by atoms with E-state index in [-0.39, 0.29) is 24.6 Å². The van der Waals surface area contributed by atoms with Gasteiger partial charge < -0.3 is 15.7 Å². The molecule has 116 valence electrons. The largest absolute Gasteiger partial charge is 0.396 e. The van der Waals surface area contributed by atoms with Crippen LogP contribution in [0.5, 0.6) is 0 Å². The van der Waals surface area contributed by atoms with E-state index in [1.165, 1.54) is 24.3 Å². The van der Waals surface area contributed by atoms with E-state index >= 15 is 0 Å². The van der Waals surface area contributed by atoms with E-state index in [1.54, 1.807) is 0 Å². The minimum atomic E-state index is -3.75. The molecule has 21 heavy (non-hydrogen) atoms. The third kappa shape index (κ3) is 5.90. The number of carbonyl (C=O) groups is 2. The van der Waals surface area contributed by atoms with Crippen LogP contribution >= 0.6 is 0 Å². The van der Waals surface area contributed by atoms with Crippen molar-refractivity contribution in [3.05, 3.63) is 29.8 Å². The highest BCUT2D eigenvalue weighted by Gasteiger charge is 2.12. The molecule has 1 rings (SSSR count). The Hall–Kier alpha value is -1.97. The summed E-state index contributed by atoms with van der Waals surface area (Å²) in [6.45, 7) is 0.223. The van der Waals surface area contributed by atoms with Crippen LogP contribution in [0.1, 0.15) is 12.0 Å². The number of aliphatic hydroxyl groups is 1. The molecule has 0 atom stereocenters. The fraction of sp³-hybridized carbons (Fsp3) is 0.333. The molecule has 9 heteroatoms. The molecule has 0 aliphatic carbocycles. The van der Waals surface area contributed by atoms with Crippen molar-refractivity contribution in [1.29, 1.82) is 0 Å². The van der Waals surface area contributed by atoms with Gasteiger partial charge in [0.05, 0.1) is 4.90 Å². The van der Waals surface area contributed by atoms with Gasteiger partial charge >= 0.3 is 11.8 Å². The number of nitrogens with one attached hydrogen (secondary N) is 2. The molecule has 2 amide bonds. The first-order chi connectivity index (χ1) is 9.84. The average Bonchev–Trinajstić information content (AvgIpc) is 2.44. The molecule has 0 unspecified atom stereocenters. The van der Waals surface area contributed by atoms with Gasteiger partial charge in [0.25, 0.3) is 0 Å². The third-order valence-corrected chi connectivity index (χ3v) is 3.46. The fourth-order valence-corrected chi connectivity index (χ4v) is 1.94. The lowest BCUT2D eigenvalue weighted by Crippen LogP contribution is -2.40. The summed E-state index contributed by atoms with van der Waals surface area (Å²) in [7, 11) is -3.75. The number of hydrogen-bond acceptors (Lipinski definition) is 5. The van der Waals surface area contributed by atoms with Crippen LogP contribution in [0.15, 0.2) is 29.2 Å². The van der Waals surface area contributed by atoms with Gasteiger partial charge in [-0.15, -0.1) is 0 Å². The summed E-state index contributed by atoms with van der Waals surface area (Å²) < 4.78 is 22.1. The molecule has 5 N–H and O–H groups in total. The molecule has 0 aliphatic rings. The molecule has 0 aromatic heterocycles. The predicted molar refractivity (Wildman–Crippen MR) is 74.4 cm³/mol. The quantitative estimate of drug-likeness (QED) is 0.372. The van der Waals surface area contributed by atoms with Crippen LogP contribution in [0.4, 0.5) is 0 Å². The van der Waals surface area contributed by atoms with Gasteiger partial charge in [0.15, 0.2) is 0 Å². The summed E-state index contributed by atoms with van der Waals surface area (Å²) in [5, 5.41) is 18.2. The Morgan fingerprint density at radius 3 is 2.19 bits per heavy atom. The van der Waals surface area contributed by atoms with Crippen molar-refractivity contribution >= 4 is 21.8 Å². The monoisotopic (exact) mass is 315 g/mol. The van der Waals surface area contributed by atoms with Gasteiger partial charge in [-0.1, -0.05) is 12.1 Å². The zero-order valence-corrected chi connectivity index (χ0v) is 12.0. The summed E-state index contributed by atoms with van der Waals surface area (Å²) in [6, 6.07) is 5.61. The number of carbonyl (C=O) groups excluding carboxylic acids is 2. The fourth-order valence-electron chi connectivity index (χ4n) is 1.42. The van der Waals surface area contributed by atoms with E-state index in [4.69, 9.17) is 10.2 Å². The number of nitrogens with two attached hydrogens (primary N) is 1. The second-order valence-electron chi connectivity index (χ2n) is 4.20. The third-order valence-electron chi connectivity index (χ3n) is 2.53. The maximum atomic E-state index is 11.4.